The quantitative estimate of drug-likeness (QED) is 0.792. The van der Waals surface area contributed by atoms with Gasteiger partial charge >= 0.3 is 0 Å². The zero-order valence-corrected chi connectivity index (χ0v) is 9.25. The zero-order chi connectivity index (χ0) is 10.2. The van der Waals surface area contributed by atoms with Gasteiger partial charge in [0.1, 0.15) is 0 Å². The van der Waals surface area contributed by atoms with E-state index in [1.807, 2.05) is 17.9 Å². The lowest BCUT2D eigenvalue weighted by Crippen LogP contribution is -2.49. The SMILES string of the molecule is Cn1nccc1CNC1CCC1(C)C. The summed E-state index contributed by atoms with van der Waals surface area (Å²) >= 11 is 0. The third-order valence-corrected chi connectivity index (χ3v) is 3.47. The summed E-state index contributed by atoms with van der Waals surface area (Å²) < 4.78 is 1.93. The van der Waals surface area contributed by atoms with Gasteiger partial charge in [0.25, 0.3) is 0 Å². The molecule has 1 heterocycles. The molecule has 0 saturated heterocycles. The molecule has 1 aromatic heterocycles. The largest absolute Gasteiger partial charge is 0.308 e. The molecule has 1 atom stereocenters. The number of aromatic nitrogens is 2. The van der Waals surface area contributed by atoms with Crippen LogP contribution in [-0.4, -0.2) is 15.8 Å². The lowest BCUT2D eigenvalue weighted by Gasteiger charge is -2.45. The van der Waals surface area contributed by atoms with Gasteiger partial charge in [0.15, 0.2) is 0 Å². The number of nitrogens with one attached hydrogen (secondary N) is 1. The molecular weight excluding hydrogens is 174 g/mol. The summed E-state index contributed by atoms with van der Waals surface area (Å²) in [7, 11) is 1.99. The first-order valence-electron chi connectivity index (χ1n) is 5.30. The Bertz CT molecular complexity index is 314. The van der Waals surface area contributed by atoms with E-state index in [-0.39, 0.29) is 0 Å². The monoisotopic (exact) mass is 193 g/mol. The minimum atomic E-state index is 0.485. The molecule has 1 aliphatic rings. The molecule has 78 valence electrons. The highest BCUT2D eigenvalue weighted by Crippen LogP contribution is 2.39. The fourth-order valence-corrected chi connectivity index (χ4v) is 2.05. The minimum absolute atomic E-state index is 0.485. The molecule has 1 aliphatic carbocycles. The number of rotatable bonds is 3. The smallest absolute Gasteiger partial charge is 0.0518 e. The highest BCUT2D eigenvalue weighted by Gasteiger charge is 2.37. The van der Waals surface area contributed by atoms with E-state index in [2.05, 4.69) is 30.3 Å². The molecule has 0 spiro atoms. The molecular formula is C11H19N3. The molecule has 14 heavy (non-hydrogen) atoms. The fraction of sp³-hybridized carbons (Fsp3) is 0.727. The van der Waals surface area contributed by atoms with Gasteiger partial charge in [-0.05, 0) is 24.3 Å². The summed E-state index contributed by atoms with van der Waals surface area (Å²) in [6.07, 6.45) is 4.50. The van der Waals surface area contributed by atoms with Gasteiger partial charge in [-0.2, -0.15) is 5.10 Å². The normalized spacial score (nSPS) is 24.6. The summed E-state index contributed by atoms with van der Waals surface area (Å²) in [4.78, 5) is 0. The lowest BCUT2D eigenvalue weighted by atomic mass is 9.67. The Morgan fingerprint density at radius 2 is 2.43 bits per heavy atom. The van der Waals surface area contributed by atoms with Crippen LogP contribution in [0.4, 0.5) is 0 Å². The van der Waals surface area contributed by atoms with Gasteiger partial charge in [0.05, 0.1) is 5.69 Å². The molecule has 1 fully saturated rings. The van der Waals surface area contributed by atoms with Crippen molar-refractivity contribution in [2.24, 2.45) is 12.5 Å². The van der Waals surface area contributed by atoms with Crippen LogP contribution in [0.25, 0.3) is 0 Å². The molecule has 0 aliphatic heterocycles. The van der Waals surface area contributed by atoms with Crippen LogP contribution in [0.5, 0.6) is 0 Å². The molecule has 3 nitrogen and oxygen atoms in total. The Kier molecular flexibility index (Phi) is 2.35. The molecule has 1 aromatic rings. The van der Waals surface area contributed by atoms with E-state index >= 15 is 0 Å². The summed E-state index contributed by atoms with van der Waals surface area (Å²) in [5.41, 5.74) is 1.74. The standard InChI is InChI=1S/C11H19N3/c1-11(2)6-4-10(11)12-8-9-5-7-13-14(9)3/h5,7,10,12H,4,6,8H2,1-3H3. The van der Waals surface area contributed by atoms with Crippen molar-refractivity contribution in [2.45, 2.75) is 39.3 Å². The van der Waals surface area contributed by atoms with E-state index in [9.17, 15) is 0 Å². The van der Waals surface area contributed by atoms with Crippen molar-refractivity contribution in [3.05, 3.63) is 18.0 Å². The van der Waals surface area contributed by atoms with Gasteiger partial charge in [-0.3, -0.25) is 4.68 Å². The molecule has 0 radical (unpaired) electrons. The van der Waals surface area contributed by atoms with E-state index in [4.69, 9.17) is 0 Å². The van der Waals surface area contributed by atoms with Crippen LogP contribution < -0.4 is 5.32 Å². The maximum Gasteiger partial charge on any atom is 0.0518 e. The molecule has 1 saturated carbocycles. The van der Waals surface area contributed by atoms with Crippen molar-refractivity contribution in [1.82, 2.24) is 15.1 Å². The van der Waals surface area contributed by atoms with Gasteiger partial charge in [-0.25, -0.2) is 0 Å². The highest BCUT2D eigenvalue weighted by atomic mass is 15.3. The Morgan fingerprint density at radius 3 is 2.86 bits per heavy atom. The minimum Gasteiger partial charge on any atom is -0.308 e. The second-order valence-corrected chi connectivity index (χ2v) is 4.91. The second-order valence-electron chi connectivity index (χ2n) is 4.91. The molecule has 1 unspecified atom stereocenters. The second kappa shape index (κ2) is 3.39. The molecule has 1 N–H and O–H groups in total. The molecule has 0 amide bonds. The third kappa shape index (κ3) is 1.69. The number of nitrogens with zero attached hydrogens (tertiary/aromatic N) is 2. The van der Waals surface area contributed by atoms with Crippen LogP contribution in [0.3, 0.4) is 0 Å². The van der Waals surface area contributed by atoms with Crippen LogP contribution in [-0.2, 0) is 13.6 Å². The van der Waals surface area contributed by atoms with Crippen LogP contribution in [0, 0.1) is 5.41 Å². The Morgan fingerprint density at radius 1 is 1.64 bits per heavy atom. The summed E-state index contributed by atoms with van der Waals surface area (Å²) in [5, 5.41) is 7.74. The Balaban J connectivity index is 1.87. The first-order chi connectivity index (χ1) is 6.59. The van der Waals surface area contributed by atoms with Gasteiger partial charge in [-0.15, -0.1) is 0 Å². The fourth-order valence-electron chi connectivity index (χ4n) is 2.05. The average molecular weight is 193 g/mol. The first-order valence-corrected chi connectivity index (χ1v) is 5.30. The predicted molar refractivity (Wildman–Crippen MR) is 56.9 cm³/mol. The van der Waals surface area contributed by atoms with Crippen molar-refractivity contribution in [2.75, 3.05) is 0 Å². The molecule has 0 bridgehead atoms. The van der Waals surface area contributed by atoms with Gasteiger partial charge in [0.2, 0.25) is 0 Å². The summed E-state index contributed by atoms with van der Waals surface area (Å²) in [6.45, 7) is 5.60. The van der Waals surface area contributed by atoms with E-state index in [1.54, 1.807) is 0 Å². The summed E-state index contributed by atoms with van der Waals surface area (Å²) in [6, 6.07) is 2.75. The van der Waals surface area contributed by atoms with Crippen LogP contribution >= 0.6 is 0 Å². The highest BCUT2D eigenvalue weighted by molar-refractivity contribution is 5.02. The van der Waals surface area contributed by atoms with Crippen LogP contribution in [0.2, 0.25) is 0 Å². The van der Waals surface area contributed by atoms with E-state index < -0.39 is 0 Å². The van der Waals surface area contributed by atoms with Gasteiger partial charge in [-0.1, -0.05) is 13.8 Å². The van der Waals surface area contributed by atoms with Crippen molar-refractivity contribution >= 4 is 0 Å². The van der Waals surface area contributed by atoms with Crippen LogP contribution in [0.1, 0.15) is 32.4 Å². The average Bonchev–Trinajstić information content (AvgIpc) is 2.50. The van der Waals surface area contributed by atoms with Gasteiger partial charge in [0, 0.05) is 25.8 Å². The third-order valence-electron chi connectivity index (χ3n) is 3.47. The van der Waals surface area contributed by atoms with Crippen molar-refractivity contribution in [3.8, 4) is 0 Å². The first kappa shape index (κ1) is 9.71. The number of hydrogen-bond acceptors (Lipinski definition) is 2. The van der Waals surface area contributed by atoms with E-state index in [1.165, 1.54) is 18.5 Å². The van der Waals surface area contributed by atoms with Crippen molar-refractivity contribution in [1.29, 1.82) is 0 Å². The Hall–Kier alpha value is -0.830. The van der Waals surface area contributed by atoms with E-state index in [0.717, 1.165) is 6.54 Å². The Labute approximate surface area is 85.5 Å². The molecule has 2 rings (SSSR count). The predicted octanol–water partition coefficient (Wildman–Crippen LogP) is 1.70. The number of hydrogen-bond donors (Lipinski definition) is 1. The topological polar surface area (TPSA) is 29.9 Å². The van der Waals surface area contributed by atoms with Crippen LogP contribution in [0.15, 0.2) is 12.3 Å². The molecule has 3 heteroatoms. The molecule has 0 aromatic carbocycles. The van der Waals surface area contributed by atoms with Crippen molar-refractivity contribution in [3.63, 3.8) is 0 Å². The zero-order valence-electron chi connectivity index (χ0n) is 9.25. The van der Waals surface area contributed by atoms with Crippen molar-refractivity contribution < 1.29 is 0 Å². The maximum absolute atomic E-state index is 4.15. The summed E-state index contributed by atoms with van der Waals surface area (Å²) in [5.74, 6) is 0. The lowest BCUT2D eigenvalue weighted by molar-refractivity contribution is 0.107. The maximum atomic E-state index is 4.15. The van der Waals surface area contributed by atoms with Gasteiger partial charge < -0.3 is 5.32 Å². The number of aryl methyl sites for hydroxylation is 1. The van der Waals surface area contributed by atoms with E-state index in [0.29, 0.717) is 11.5 Å².